The molecule has 2 rings (SSSR count). The maximum Gasteiger partial charge on any atom is 0.272 e. The van der Waals surface area contributed by atoms with Crippen molar-refractivity contribution < 1.29 is 19.1 Å². The number of hydrogen-bond acceptors (Lipinski definition) is 7. The number of carbonyl (C=O) groups excluding carboxylic acids is 1. The lowest BCUT2D eigenvalue weighted by Gasteiger charge is -2.28. The van der Waals surface area contributed by atoms with Crippen LogP contribution in [0, 0.1) is 10.5 Å². The van der Waals surface area contributed by atoms with Crippen molar-refractivity contribution in [2.75, 3.05) is 20.5 Å². The van der Waals surface area contributed by atoms with Crippen LogP contribution in [0.2, 0.25) is 0 Å². The van der Waals surface area contributed by atoms with Gasteiger partial charge in [-0.15, -0.1) is 11.8 Å². The zero-order valence-electron chi connectivity index (χ0n) is 17.4. The molecule has 9 heteroatoms. The van der Waals surface area contributed by atoms with Crippen LogP contribution >= 0.6 is 34.4 Å². The molecule has 1 unspecified atom stereocenters. The Morgan fingerprint density at radius 3 is 2.69 bits per heavy atom. The Morgan fingerprint density at radius 2 is 2.07 bits per heavy atom. The SMILES string of the molecule is CON=C(CC(C)(C)NC(=O)C(Oc1cc(C)c2ncc(I)cc2c1)SC)OC. The fraction of sp³-hybridized carbons (Fsp3) is 0.450. The molecule has 158 valence electrons. The Morgan fingerprint density at radius 1 is 1.34 bits per heavy atom. The summed E-state index contributed by atoms with van der Waals surface area (Å²) in [5.41, 5.74) is 0.622. The zero-order chi connectivity index (χ0) is 21.6. The first-order chi connectivity index (χ1) is 13.7. The summed E-state index contributed by atoms with van der Waals surface area (Å²) >= 11 is 3.55. The van der Waals surface area contributed by atoms with E-state index in [0.29, 0.717) is 18.1 Å². The number of hydrogen-bond donors (Lipinski definition) is 1. The number of aryl methyl sites for hydroxylation is 1. The van der Waals surface area contributed by atoms with Crippen molar-refractivity contribution in [1.82, 2.24) is 10.3 Å². The van der Waals surface area contributed by atoms with Gasteiger partial charge >= 0.3 is 0 Å². The third kappa shape index (κ3) is 6.63. The van der Waals surface area contributed by atoms with Crippen molar-refractivity contribution in [3.63, 3.8) is 0 Å². The summed E-state index contributed by atoms with van der Waals surface area (Å²) in [5.74, 6) is 0.796. The first-order valence-corrected chi connectivity index (χ1v) is 11.3. The Labute approximate surface area is 189 Å². The van der Waals surface area contributed by atoms with E-state index in [4.69, 9.17) is 14.3 Å². The molecule has 0 aliphatic rings. The lowest BCUT2D eigenvalue weighted by atomic mass is 10.0. The number of fused-ring (bicyclic) bond motifs is 1. The second-order valence-corrected chi connectivity index (χ2v) is 9.22. The summed E-state index contributed by atoms with van der Waals surface area (Å²) < 4.78 is 12.2. The van der Waals surface area contributed by atoms with Crippen LogP contribution in [-0.2, 0) is 14.4 Å². The minimum Gasteiger partial charge on any atom is -0.482 e. The van der Waals surface area contributed by atoms with Crippen molar-refractivity contribution in [3.05, 3.63) is 33.5 Å². The molecule has 1 heterocycles. The second kappa shape index (κ2) is 10.3. The molecule has 0 radical (unpaired) electrons. The van der Waals surface area contributed by atoms with Gasteiger partial charge in [-0.3, -0.25) is 9.78 Å². The molecule has 0 bridgehead atoms. The summed E-state index contributed by atoms with van der Waals surface area (Å²) in [6.07, 6.45) is 4.05. The van der Waals surface area contributed by atoms with E-state index in [0.717, 1.165) is 20.0 Å². The van der Waals surface area contributed by atoms with Crippen LogP contribution in [0.15, 0.2) is 29.6 Å². The zero-order valence-corrected chi connectivity index (χ0v) is 20.4. The van der Waals surface area contributed by atoms with Gasteiger partial charge in [-0.2, -0.15) is 0 Å². The fourth-order valence-corrected chi connectivity index (χ4v) is 3.78. The molecular formula is C20H26IN3O4S. The molecule has 1 amide bonds. The van der Waals surface area contributed by atoms with Crippen molar-refractivity contribution in [2.45, 2.75) is 38.2 Å². The van der Waals surface area contributed by atoms with Crippen LogP contribution in [0.4, 0.5) is 0 Å². The van der Waals surface area contributed by atoms with Gasteiger partial charge in [-0.05, 0) is 73.4 Å². The minimum absolute atomic E-state index is 0.228. The monoisotopic (exact) mass is 531 g/mol. The van der Waals surface area contributed by atoms with Crippen LogP contribution in [0.1, 0.15) is 25.8 Å². The van der Waals surface area contributed by atoms with Crippen molar-refractivity contribution >= 4 is 57.1 Å². The molecule has 0 fully saturated rings. The standard InChI is InChI=1S/C20H26IN3O4S/c1-12-7-15(9-13-8-14(21)11-22-17(12)13)28-19(29-6)18(25)23-20(2,3)10-16(26-4)24-27-5/h7-9,11,19H,10H2,1-6H3,(H,23,25). The third-order valence-electron chi connectivity index (χ3n) is 4.07. The van der Waals surface area contributed by atoms with Gasteiger partial charge in [0.1, 0.15) is 12.9 Å². The van der Waals surface area contributed by atoms with Crippen LogP contribution in [-0.4, -0.2) is 48.2 Å². The molecule has 1 aromatic heterocycles. The van der Waals surface area contributed by atoms with Crippen molar-refractivity contribution in [2.24, 2.45) is 5.16 Å². The summed E-state index contributed by atoms with van der Waals surface area (Å²) in [6.45, 7) is 5.76. The number of nitrogens with one attached hydrogen (secondary N) is 1. The Balaban J connectivity index is 2.15. The van der Waals surface area contributed by atoms with E-state index >= 15 is 0 Å². The molecule has 0 spiro atoms. The molecular weight excluding hydrogens is 505 g/mol. The van der Waals surface area contributed by atoms with Crippen LogP contribution < -0.4 is 10.1 Å². The summed E-state index contributed by atoms with van der Waals surface area (Å²) in [5, 5.41) is 7.79. The number of benzene rings is 1. The topological polar surface area (TPSA) is 82.0 Å². The third-order valence-corrected chi connectivity index (χ3v) is 5.40. The predicted octanol–water partition coefficient (Wildman–Crippen LogP) is 4.11. The smallest absolute Gasteiger partial charge is 0.272 e. The maximum absolute atomic E-state index is 12.8. The number of methoxy groups -OCH3 is 1. The number of oxime groups is 1. The normalized spacial score (nSPS) is 13.1. The molecule has 29 heavy (non-hydrogen) atoms. The molecule has 0 saturated carbocycles. The van der Waals surface area contributed by atoms with Gasteiger partial charge in [-0.1, -0.05) is 5.16 Å². The molecule has 0 saturated heterocycles. The number of rotatable bonds is 8. The van der Waals surface area contributed by atoms with Gasteiger partial charge in [0.2, 0.25) is 11.3 Å². The molecule has 0 aliphatic heterocycles. The summed E-state index contributed by atoms with van der Waals surface area (Å²) in [7, 11) is 2.96. The Hall–Kier alpha value is -1.75. The van der Waals surface area contributed by atoms with E-state index in [9.17, 15) is 4.79 Å². The number of pyridine rings is 1. The summed E-state index contributed by atoms with van der Waals surface area (Å²) in [4.78, 5) is 22.1. The van der Waals surface area contributed by atoms with E-state index in [1.54, 1.807) is 0 Å². The van der Waals surface area contributed by atoms with Gasteiger partial charge in [0.15, 0.2) is 0 Å². The number of carbonyl (C=O) groups is 1. The lowest BCUT2D eigenvalue weighted by Crippen LogP contribution is -2.49. The maximum atomic E-state index is 12.8. The highest BCUT2D eigenvalue weighted by atomic mass is 127. The van der Waals surface area contributed by atoms with E-state index in [-0.39, 0.29) is 5.91 Å². The van der Waals surface area contributed by atoms with E-state index < -0.39 is 11.0 Å². The van der Waals surface area contributed by atoms with Crippen LogP contribution in [0.5, 0.6) is 5.75 Å². The number of ether oxygens (including phenoxy) is 2. The molecule has 0 aliphatic carbocycles. The van der Waals surface area contributed by atoms with Gasteiger partial charge in [0, 0.05) is 27.1 Å². The number of nitrogens with zero attached hydrogens (tertiary/aromatic N) is 2. The predicted molar refractivity (Wildman–Crippen MR) is 125 cm³/mol. The first-order valence-electron chi connectivity index (χ1n) is 8.90. The molecule has 1 N–H and O–H groups in total. The van der Waals surface area contributed by atoms with E-state index in [1.807, 2.05) is 51.4 Å². The highest BCUT2D eigenvalue weighted by Gasteiger charge is 2.29. The highest BCUT2D eigenvalue weighted by Crippen LogP contribution is 2.27. The van der Waals surface area contributed by atoms with Gasteiger partial charge in [0.25, 0.3) is 5.91 Å². The number of thioether (sulfide) groups is 1. The average Bonchev–Trinajstić information content (AvgIpc) is 2.64. The first kappa shape index (κ1) is 23.5. The van der Waals surface area contributed by atoms with Crippen LogP contribution in [0.3, 0.4) is 0 Å². The van der Waals surface area contributed by atoms with Gasteiger partial charge in [0.05, 0.1) is 12.6 Å². The van der Waals surface area contributed by atoms with E-state index in [1.165, 1.54) is 26.0 Å². The Kier molecular flexibility index (Phi) is 8.38. The quantitative estimate of drug-likeness (QED) is 0.182. The number of amides is 1. The molecule has 1 atom stereocenters. The molecule has 7 nitrogen and oxygen atoms in total. The van der Waals surface area contributed by atoms with Gasteiger partial charge in [-0.25, -0.2) is 0 Å². The van der Waals surface area contributed by atoms with Crippen LogP contribution in [0.25, 0.3) is 10.9 Å². The number of halogens is 1. The summed E-state index contributed by atoms with van der Waals surface area (Å²) in [6, 6.07) is 5.85. The molecule has 1 aromatic carbocycles. The second-order valence-electron chi connectivity index (χ2n) is 7.07. The minimum atomic E-state index is -0.702. The van der Waals surface area contributed by atoms with Gasteiger partial charge < -0.3 is 19.6 Å². The van der Waals surface area contributed by atoms with Crippen molar-refractivity contribution in [1.29, 1.82) is 0 Å². The molecule has 2 aromatic rings. The largest absolute Gasteiger partial charge is 0.482 e. The van der Waals surface area contributed by atoms with Crippen molar-refractivity contribution in [3.8, 4) is 5.75 Å². The number of aromatic nitrogens is 1. The Bertz CT molecular complexity index is 905. The highest BCUT2D eigenvalue weighted by molar-refractivity contribution is 14.1. The van der Waals surface area contributed by atoms with E-state index in [2.05, 4.69) is 38.0 Å². The lowest BCUT2D eigenvalue weighted by molar-refractivity contribution is -0.126. The average molecular weight is 531 g/mol. The fourth-order valence-electron chi connectivity index (χ4n) is 2.83.